The van der Waals surface area contributed by atoms with Crippen molar-refractivity contribution in [2.24, 2.45) is 0 Å². The summed E-state index contributed by atoms with van der Waals surface area (Å²) in [5.41, 5.74) is 1.35. The van der Waals surface area contributed by atoms with Gasteiger partial charge in [0.2, 0.25) is 0 Å². The summed E-state index contributed by atoms with van der Waals surface area (Å²) in [6.07, 6.45) is 0. The Labute approximate surface area is 129 Å². The highest BCUT2D eigenvalue weighted by atomic mass is 79.9. The first-order valence-electron chi connectivity index (χ1n) is 5.37. The molecule has 5 heteroatoms. The van der Waals surface area contributed by atoms with Crippen LogP contribution >= 0.6 is 39.1 Å². The van der Waals surface area contributed by atoms with Crippen LogP contribution in [0.1, 0.15) is 11.1 Å². The maximum Gasteiger partial charge on any atom is 0.152 e. The van der Waals surface area contributed by atoms with Gasteiger partial charge in [-0.25, -0.2) is 0 Å². The van der Waals surface area contributed by atoms with Crippen LogP contribution in [-0.4, -0.2) is 0 Å². The van der Waals surface area contributed by atoms with Crippen LogP contribution in [0.5, 0.6) is 5.75 Å². The first kappa shape index (κ1) is 14.2. The second kappa shape index (κ2) is 6.29. The summed E-state index contributed by atoms with van der Waals surface area (Å²) in [5, 5.41) is 9.86. The van der Waals surface area contributed by atoms with Crippen molar-refractivity contribution >= 4 is 39.1 Å². The van der Waals surface area contributed by atoms with Crippen LogP contribution in [0.4, 0.5) is 0 Å². The van der Waals surface area contributed by atoms with E-state index in [1.54, 1.807) is 18.2 Å². The first-order valence-corrected chi connectivity index (χ1v) is 6.92. The molecular weight excluding hydrogens is 349 g/mol. The second-order valence-electron chi connectivity index (χ2n) is 3.76. The number of nitriles is 1. The van der Waals surface area contributed by atoms with Crippen molar-refractivity contribution in [2.75, 3.05) is 0 Å². The molecule has 0 saturated carbocycles. The van der Waals surface area contributed by atoms with E-state index < -0.39 is 0 Å². The zero-order valence-electron chi connectivity index (χ0n) is 9.66. The molecule has 0 radical (unpaired) electrons. The molecule has 0 aliphatic carbocycles. The molecule has 0 heterocycles. The van der Waals surface area contributed by atoms with Crippen LogP contribution < -0.4 is 4.74 Å². The molecule has 0 aliphatic rings. The Morgan fingerprint density at radius 2 is 1.89 bits per heavy atom. The predicted octanol–water partition coefficient (Wildman–Crippen LogP) is 5.21. The summed E-state index contributed by atoms with van der Waals surface area (Å²) in [6.45, 7) is 0.309. The monoisotopic (exact) mass is 355 g/mol. The van der Waals surface area contributed by atoms with E-state index in [-0.39, 0.29) is 0 Å². The van der Waals surface area contributed by atoms with E-state index in [9.17, 15) is 0 Å². The van der Waals surface area contributed by atoms with Gasteiger partial charge in [0.1, 0.15) is 6.61 Å². The van der Waals surface area contributed by atoms with Gasteiger partial charge in [-0.15, -0.1) is 0 Å². The molecule has 0 aliphatic heterocycles. The molecule has 96 valence electrons. The molecule has 0 atom stereocenters. The minimum absolute atomic E-state index is 0.309. The molecule has 0 bridgehead atoms. The second-order valence-corrected chi connectivity index (χ2v) is 5.43. The maximum absolute atomic E-state index is 8.83. The van der Waals surface area contributed by atoms with Crippen molar-refractivity contribution in [1.29, 1.82) is 5.26 Å². The molecular formula is C14H8BrCl2NO. The summed E-state index contributed by atoms with van der Waals surface area (Å²) in [7, 11) is 0. The number of nitrogens with zero attached hydrogens (tertiary/aromatic N) is 1. The van der Waals surface area contributed by atoms with Crippen LogP contribution in [0.25, 0.3) is 0 Å². The third-order valence-electron chi connectivity index (χ3n) is 2.46. The van der Waals surface area contributed by atoms with E-state index in [1.165, 1.54) is 0 Å². The first-order chi connectivity index (χ1) is 9.11. The van der Waals surface area contributed by atoms with Crippen LogP contribution in [0, 0.1) is 11.3 Å². The largest absolute Gasteiger partial charge is 0.486 e. The van der Waals surface area contributed by atoms with Crippen molar-refractivity contribution in [3.8, 4) is 11.8 Å². The fourth-order valence-electron chi connectivity index (χ4n) is 1.53. The fourth-order valence-corrected chi connectivity index (χ4v) is 2.68. The van der Waals surface area contributed by atoms with Gasteiger partial charge in [0.05, 0.1) is 21.1 Å². The summed E-state index contributed by atoms with van der Waals surface area (Å²) in [6, 6.07) is 12.7. The molecule has 0 unspecified atom stereocenters. The summed E-state index contributed by atoms with van der Waals surface area (Å²) >= 11 is 15.5. The molecule has 0 aromatic heterocycles. The van der Waals surface area contributed by atoms with Gasteiger partial charge in [-0.1, -0.05) is 41.4 Å². The van der Waals surface area contributed by atoms with Gasteiger partial charge in [-0.3, -0.25) is 0 Å². The summed E-state index contributed by atoms with van der Waals surface area (Å²) in [5.74, 6) is 0.501. The number of hydrogen-bond donors (Lipinski definition) is 0. The van der Waals surface area contributed by atoms with Crippen LogP contribution in [0.15, 0.2) is 40.9 Å². The van der Waals surface area contributed by atoms with Crippen LogP contribution in [-0.2, 0) is 6.61 Å². The Morgan fingerprint density at radius 1 is 1.16 bits per heavy atom. The van der Waals surface area contributed by atoms with Crippen molar-refractivity contribution in [2.45, 2.75) is 6.61 Å². The van der Waals surface area contributed by atoms with Gasteiger partial charge in [0.25, 0.3) is 0 Å². The van der Waals surface area contributed by atoms with Gasteiger partial charge < -0.3 is 4.74 Å². The minimum atomic E-state index is 0.309. The number of rotatable bonds is 3. The van der Waals surface area contributed by atoms with Crippen LogP contribution in [0.3, 0.4) is 0 Å². The Kier molecular flexibility index (Phi) is 4.71. The highest BCUT2D eigenvalue weighted by Crippen LogP contribution is 2.35. The van der Waals surface area contributed by atoms with Gasteiger partial charge in [-0.2, -0.15) is 5.26 Å². The van der Waals surface area contributed by atoms with E-state index in [4.69, 9.17) is 33.2 Å². The Morgan fingerprint density at radius 3 is 2.53 bits per heavy atom. The van der Waals surface area contributed by atoms with E-state index in [2.05, 4.69) is 15.9 Å². The Balaban J connectivity index is 2.21. The zero-order chi connectivity index (χ0) is 13.8. The highest BCUT2D eigenvalue weighted by Gasteiger charge is 2.10. The number of benzene rings is 2. The SMILES string of the molecule is N#Cc1cc(Cl)c(OCc2ccccc2Cl)c(Br)c1. The van der Waals surface area contributed by atoms with Crippen molar-refractivity contribution in [3.05, 3.63) is 62.0 Å². The average molecular weight is 357 g/mol. The van der Waals surface area contributed by atoms with Crippen LogP contribution in [0.2, 0.25) is 10.0 Å². The zero-order valence-corrected chi connectivity index (χ0v) is 12.8. The average Bonchev–Trinajstić information content (AvgIpc) is 2.39. The van der Waals surface area contributed by atoms with Gasteiger partial charge in [0, 0.05) is 10.6 Å². The van der Waals surface area contributed by atoms with Crippen molar-refractivity contribution < 1.29 is 4.74 Å². The minimum Gasteiger partial charge on any atom is -0.486 e. The normalized spacial score (nSPS) is 10.0. The molecule has 2 aromatic carbocycles. The van der Waals surface area contributed by atoms with Gasteiger partial charge >= 0.3 is 0 Å². The smallest absolute Gasteiger partial charge is 0.152 e. The molecule has 0 fully saturated rings. The molecule has 2 rings (SSSR count). The predicted molar refractivity (Wildman–Crippen MR) is 79.7 cm³/mol. The molecule has 0 saturated heterocycles. The molecule has 0 spiro atoms. The number of halogens is 3. The summed E-state index contributed by atoms with van der Waals surface area (Å²) < 4.78 is 6.30. The lowest BCUT2D eigenvalue weighted by Gasteiger charge is -2.11. The lowest BCUT2D eigenvalue weighted by atomic mass is 10.2. The number of ether oxygens (including phenoxy) is 1. The van der Waals surface area contributed by atoms with Crippen molar-refractivity contribution in [3.63, 3.8) is 0 Å². The Bertz CT molecular complexity index is 629. The summed E-state index contributed by atoms with van der Waals surface area (Å²) in [4.78, 5) is 0. The van der Waals surface area contributed by atoms with Gasteiger partial charge in [0.15, 0.2) is 5.75 Å². The molecule has 2 nitrogen and oxygen atoms in total. The molecule has 0 N–H and O–H groups in total. The highest BCUT2D eigenvalue weighted by molar-refractivity contribution is 9.10. The fraction of sp³-hybridized carbons (Fsp3) is 0.0714. The quantitative estimate of drug-likeness (QED) is 0.756. The molecule has 19 heavy (non-hydrogen) atoms. The molecule has 2 aromatic rings. The topological polar surface area (TPSA) is 33.0 Å². The standard InChI is InChI=1S/C14H8BrCl2NO/c15-11-5-9(7-18)6-13(17)14(11)19-8-10-3-1-2-4-12(10)16/h1-6H,8H2. The van der Waals surface area contributed by atoms with E-state index >= 15 is 0 Å². The Hall–Kier alpha value is -1.21. The van der Waals surface area contributed by atoms with E-state index in [0.29, 0.717) is 32.4 Å². The lowest BCUT2D eigenvalue weighted by Crippen LogP contribution is -1.98. The molecule has 0 amide bonds. The number of hydrogen-bond acceptors (Lipinski definition) is 2. The lowest BCUT2D eigenvalue weighted by molar-refractivity contribution is 0.304. The third kappa shape index (κ3) is 3.42. The van der Waals surface area contributed by atoms with E-state index in [0.717, 1.165) is 5.56 Å². The maximum atomic E-state index is 8.83. The third-order valence-corrected chi connectivity index (χ3v) is 3.70. The van der Waals surface area contributed by atoms with Crippen molar-refractivity contribution in [1.82, 2.24) is 0 Å². The van der Waals surface area contributed by atoms with E-state index in [1.807, 2.05) is 24.3 Å². The van der Waals surface area contributed by atoms with Gasteiger partial charge in [-0.05, 0) is 34.1 Å².